The van der Waals surface area contributed by atoms with Gasteiger partial charge in [-0.1, -0.05) is 96.2 Å². The van der Waals surface area contributed by atoms with Crippen molar-refractivity contribution in [3.05, 3.63) is 150 Å². The maximum Gasteiger partial charge on any atom is 0.356 e. The number of aromatic nitrogens is 1. The quantitative estimate of drug-likeness (QED) is 0.0631. The number of nitrogens with zero attached hydrogens (tertiary/aromatic N) is 3. The number of hydrogen-bond donors (Lipinski definition) is 2. The van der Waals surface area contributed by atoms with Gasteiger partial charge in [0, 0.05) is 16.7 Å². The highest BCUT2D eigenvalue weighted by Crippen LogP contribution is 2.45. The minimum Gasteiger partial charge on any atom is -0.484 e. The second-order valence-corrected chi connectivity index (χ2v) is 13.6. The fourth-order valence-electron chi connectivity index (χ4n) is 5.96. The van der Waals surface area contributed by atoms with Gasteiger partial charge in [-0.3, -0.25) is 24.1 Å². The summed E-state index contributed by atoms with van der Waals surface area (Å²) in [4.78, 5) is 78.0. The molecule has 15 heteroatoms. The molecule has 13 nitrogen and oxygen atoms in total. The molecular formula is C37H29N5O8S2. The number of nitrogens with one attached hydrogen (secondary N) is 1. The summed E-state index contributed by atoms with van der Waals surface area (Å²) in [6.07, 6.45) is -0.886. The second-order valence-electron chi connectivity index (χ2n) is 11.6. The number of fused-ring (bicyclic) bond motifs is 1. The first-order valence-corrected chi connectivity index (χ1v) is 17.8. The molecule has 2 amide bonds. The molecule has 0 aliphatic carbocycles. The van der Waals surface area contributed by atoms with E-state index in [4.69, 9.17) is 20.0 Å². The van der Waals surface area contributed by atoms with Gasteiger partial charge in [0.15, 0.2) is 22.7 Å². The third kappa shape index (κ3) is 6.47. The molecule has 0 radical (unpaired) electrons. The molecule has 3 heterocycles. The first-order valence-electron chi connectivity index (χ1n) is 15.9. The van der Waals surface area contributed by atoms with E-state index in [2.05, 4.69) is 15.5 Å². The van der Waals surface area contributed by atoms with Gasteiger partial charge < -0.3 is 25.4 Å². The first-order chi connectivity index (χ1) is 25.3. The molecule has 4 aromatic carbocycles. The standard InChI is InChI=1S/C37H29N5O8S2/c1-48-41-26(24-19-52-37(38)39-24)33(45)40-27-34(46)42-28(36(47)50-31(21-13-7-3-8-14-21)22-15-9-4-10-16-22)23(18-51-35(27)42)25-29(43)30(44)32(25)49-17-20-11-5-2-6-12-20/h2-16,19,27,31,35H,17-18H2,1H3,(H2,38,39)(H,40,45)/b41-26-/t27?,35-/m0/s1. The molecule has 5 aromatic rings. The Balaban J connectivity index is 1.25. The van der Waals surface area contributed by atoms with Crippen LogP contribution < -0.4 is 26.6 Å². The number of benzene rings is 3. The first kappa shape index (κ1) is 34.4. The highest BCUT2D eigenvalue weighted by molar-refractivity contribution is 8.00. The molecular weight excluding hydrogens is 707 g/mol. The van der Waals surface area contributed by atoms with Crippen molar-refractivity contribution in [2.24, 2.45) is 5.16 Å². The molecule has 2 aliphatic heterocycles. The summed E-state index contributed by atoms with van der Waals surface area (Å²) in [5.41, 5.74) is 5.94. The topological polar surface area (TPSA) is 180 Å². The van der Waals surface area contributed by atoms with Crippen LogP contribution in [0.5, 0.6) is 5.75 Å². The fraction of sp³-hybridized carbons (Fsp3) is 0.162. The molecule has 1 fully saturated rings. The average Bonchev–Trinajstić information content (AvgIpc) is 3.62. The van der Waals surface area contributed by atoms with Crippen molar-refractivity contribution in [2.45, 2.75) is 24.1 Å². The van der Waals surface area contributed by atoms with Crippen molar-refractivity contribution in [1.29, 1.82) is 0 Å². The number of carbonyl (C=O) groups excluding carboxylic acids is 3. The third-order valence-electron chi connectivity index (χ3n) is 8.43. The number of thioether (sulfide) groups is 1. The van der Waals surface area contributed by atoms with Gasteiger partial charge in [0.25, 0.3) is 17.2 Å². The third-order valence-corrected chi connectivity index (χ3v) is 10.4. The van der Waals surface area contributed by atoms with E-state index in [1.165, 1.54) is 29.2 Å². The van der Waals surface area contributed by atoms with Crippen LogP contribution in [0, 0.1) is 0 Å². The van der Waals surface area contributed by atoms with Crippen molar-refractivity contribution in [1.82, 2.24) is 15.2 Å². The van der Waals surface area contributed by atoms with E-state index >= 15 is 0 Å². The van der Waals surface area contributed by atoms with Gasteiger partial charge in [-0.25, -0.2) is 9.78 Å². The van der Waals surface area contributed by atoms with E-state index in [0.29, 0.717) is 11.1 Å². The zero-order valence-electron chi connectivity index (χ0n) is 27.4. The Bertz CT molecular complexity index is 2250. The summed E-state index contributed by atoms with van der Waals surface area (Å²) in [6.45, 7) is -0.00163. The number of nitrogen functional groups attached to an aromatic ring is 1. The number of esters is 1. The molecule has 1 saturated heterocycles. The molecule has 262 valence electrons. The van der Waals surface area contributed by atoms with Crippen LogP contribution in [0.2, 0.25) is 0 Å². The van der Waals surface area contributed by atoms with Crippen LogP contribution >= 0.6 is 23.1 Å². The van der Waals surface area contributed by atoms with Crippen LogP contribution in [-0.2, 0) is 30.6 Å². The Morgan fingerprint density at radius 2 is 1.60 bits per heavy atom. The van der Waals surface area contributed by atoms with E-state index in [0.717, 1.165) is 16.9 Å². The Labute approximate surface area is 304 Å². The van der Waals surface area contributed by atoms with Crippen molar-refractivity contribution in [3.63, 3.8) is 0 Å². The number of amides is 2. The number of hydrogen-bond acceptors (Lipinski definition) is 13. The number of ether oxygens (including phenoxy) is 2. The van der Waals surface area contributed by atoms with Crippen molar-refractivity contribution < 1.29 is 28.7 Å². The van der Waals surface area contributed by atoms with E-state index in [1.54, 1.807) is 36.4 Å². The Morgan fingerprint density at radius 3 is 2.19 bits per heavy atom. The number of thiazole rings is 1. The van der Waals surface area contributed by atoms with Crippen LogP contribution in [0.3, 0.4) is 0 Å². The summed E-state index contributed by atoms with van der Waals surface area (Å²) in [7, 11) is 1.26. The van der Waals surface area contributed by atoms with Gasteiger partial charge >= 0.3 is 5.97 Å². The number of anilines is 1. The number of rotatable bonds is 12. The smallest absolute Gasteiger partial charge is 0.356 e. The molecule has 1 unspecified atom stereocenters. The van der Waals surface area contributed by atoms with Crippen LogP contribution in [0.1, 0.15) is 34.1 Å². The van der Waals surface area contributed by atoms with E-state index in [9.17, 15) is 24.0 Å². The molecule has 52 heavy (non-hydrogen) atoms. The monoisotopic (exact) mass is 735 g/mol. The second kappa shape index (κ2) is 14.7. The summed E-state index contributed by atoms with van der Waals surface area (Å²) in [5.74, 6) is -2.49. The summed E-state index contributed by atoms with van der Waals surface area (Å²) >= 11 is 2.30. The van der Waals surface area contributed by atoms with Crippen LogP contribution in [-0.4, -0.2) is 57.7 Å². The largest absolute Gasteiger partial charge is 0.484 e. The summed E-state index contributed by atoms with van der Waals surface area (Å²) in [5, 5.41) is 7.41. The number of oxime groups is 1. The van der Waals surface area contributed by atoms with Gasteiger partial charge in [-0.2, -0.15) is 0 Å². The van der Waals surface area contributed by atoms with Gasteiger partial charge in [-0.05, 0) is 16.7 Å². The Hall–Kier alpha value is -6.06. The van der Waals surface area contributed by atoms with Gasteiger partial charge in [0.1, 0.15) is 36.5 Å². The molecule has 0 saturated carbocycles. The van der Waals surface area contributed by atoms with Crippen LogP contribution in [0.4, 0.5) is 5.13 Å². The van der Waals surface area contributed by atoms with E-state index < -0.39 is 46.2 Å². The fourth-order valence-corrected chi connectivity index (χ4v) is 7.86. The zero-order chi connectivity index (χ0) is 36.4. The van der Waals surface area contributed by atoms with Crippen LogP contribution in [0.25, 0.3) is 5.57 Å². The average molecular weight is 736 g/mol. The maximum absolute atomic E-state index is 14.4. The lowest BCUT2D eigenvalue weighted by atomic mass is 9.95. The zero-order valence-corrected chi connectivity index (χ0v) is 29.0. The number of nitrogens with two attached hydrogens (primary N) is 1. The van der Waals surface area contributed by atoms with E-state index in [-0.39, 0.29) is 51.5 Å². The van der Waals surface area contributed by atoms with Crippen molar-refractivity contribution in [3.8, 4) is 5.75 Å². The van der Waals surface area contributed by atoms with Gasteiger partial charge in [0.2, 0.25) is 5.43 Å². The van der Waals surface area contributed by atoms with Crippen LogP contribution in [0.15, 0.2) is 117 Å². The summed E-state index contributed by atoms with van der Waals surface area (Å²) in [6, 6.07) is 26.1. The molecule has 0 spiro atoms. The predicted octanol–water partition coefficient (Wildman–Crippen LogP) is 3.39. The van der Waals surface area contributed by atoms with Gasteiger partial charge in [0.05, 0.1) is 5.56 Å². The molecule has 2 atom stereocenters. The van der Waals surface area contributed by atoms with Gasteiger partial charge in [-0.15, -0.1) is 23.1 Å². The Kier molecular flexibility index (Phi) is 9.69. The highest BCUT2D eigenvalue weighted by Gasteiger charge is 2.56. The predicted molar refractivity (Wildman–Crippen MR) is 195 cm³/mol. The van der Waals surface area contributed by atoms with Crippen molar-refractivity contribution in [2.75, 3.05) is 18.6 Å². The van der Waals surface area contributed by atoms with E-state index in [1.807, 2.05) is 54.6 Å². The lowest BCUT2D eigenvalue weighted by molar-refractivity contribution is -0.154. The minimum absolute atomic E-state index is 0.00163. The lowest BCUT2D eigenvalue weighted by Crippen LogP contribution is -2.71. The molecule has 2 aliphatic rings. The highest BCUT2D eigenvalue weighted by atomic mass is 32.2. The maximum atomic E-state index is 14.4. The molecule has 1 aromatic heterocycles. The molecule has 7 rings (SSSR count). The molecule has 3 N–H and O–H groups in total. The normalized spacial score (nSPS) is 17.1. The SMILES string of the molecule is CO/N=C(\C(=O)NC1C(=O)N2C(C(=O)OC(c3ccccc3)c3ccccc3)=C(c3c(OCc4ccccc4)c(=O)c3=O)CS[C@@H]12)c1csc(N)n1. The minimum atomic E-state index is -1.10. The summed E-state index contributed by atoms with van der Waals surface area (Å²) < 4.78 is 12.0. The Morgan fingerprint density at radius 1 is 0.962 bits per heavy atom. The molecule has 0 bridgehead atoms. The lowest BCUT2D eigenvalue weighted by Gasteiger charge is -2.49. The van der Waals surface area contributed by atoms with Crippen molar-refractivity contribution >= 4 is 57.3 Å². The number of carbonyl (C=O) groups is 3. The number of β-lactam (4-membered cyclic amide) rings is 1.